The first kappa shape index (κ1) is 48.5. The highest BCUT2D eigenvalue weighted by Gasteiger charge is 2.27. The lowest BCUT2D eigenvalue weighted by Gasteiger charge is -2.25. The number of likely N-dealkylation sites (N-methyl/N-ethyl adjacent to an activating group) is 1. The topological polar surface area (TPSA) is 105 Å². The quantitative estimate of drug-likeness (QED) is 0.0260. The number of rotatable bonds is 35. The van der Waals surface area contributed by atoms with Crippen molar-refractivity contribution in [2.45, 2.75) is 167 Å². The van der Waals surface area contributed by atoms with E-state index in [0.717, 1.165) is 70.6 Å². The summed E-state index contributed by atoms with van der Waals surface area (Å²) in [6, 6.07) is -0.871. The van der Waals surface area contributed by atoms with Crippen LogP contribution in [0.2, 0.25) is 0 Å². The number of nitrogens with zero attached hydrogens (tertiary/aromatic N) is 1. The van der Waals surface area contributed by atoms with Crippen LogP contribution in [0.4, 0.5) is 0 Å². The lowest BCUT2D eigenvalue weighted by molar-refractivity contribution is -0.870. The molecule has 50 heavy (non-hydrogen) atoms. The molecule has 0 saturated carbocycles. The van der Waals surface area contributed by atoms with Gasteiger partial charge in [-0.3, -0.25) is 13.8 Å². The lowest BCUT2D eigenvalue weighted by atomic mass is 10.1. The van der Waals surface area contributed by atoms with Gasteiger partial charge in [-0.15, -0.1) is 0 Å². The number of aliphatic hydroxyl groups excluding tert-OH is 1. The van der Waals surface area contributed by atoms with E-state index in [1.807, 2.05) is 27.2 Å². The van der Waals surface area contributed by atoms with Gasteiger partial charge in [0.2, 0.25) is 5.91 Å². The highest BCUT2D eigenvalue weighted by atomic mass is 31.2. The Morgan fingerprint density at radius 1 is 0.660 bits per heavy atom. The highest BCUT2D eigenvalue weighted by molar-refractivity contribution is 7.47. The van der Waals surface area contributed by atoms with E-state index in [-0.39, 0.29) is 19.1 Å². The molecule has 0 aromatic heterocycles. The van der Waals surface area contributed by atoms with E-state index in [4.69, 9.17) is 9.05 Å². The van der Waals surface area contributed by atoms with Crippen LogP contribution < -0.4 is 5.32 Å². The normalized spacial score (nSPS) is 15.1. The van der Waals surface area contributed by atoms with Gasteiger partial charge in [-0.25, -0.2) is 4.57 Å². The summed E-state index contributed by atoms with van der Waals surface area (Å²) >= 11 is 0. The number of nitrogens with one attached hydrogen (secondary N) is 1. The Balaban J connectivity index is 4.58. The SMILES string of the molecule is CCC/C=C\CCCCCCCC(=O)NC(COP(=O)(O)OCC[N+](C)(C)C)C(O)/C=C/CC/C=C/CC/C=C/CCCCCCCCCC. The molecule has 0 aliphatic carbocycles. The smallest absolute Gasteiger partial charge is 0.387 e. The average molecular weight is 726 g/mol. The fourth-order valence-electron chi connectivity index (χ4n) is 5.25. The van der Waals surface area contributed by atoms with Gasteiger partial charge in [0.1, 0.15) is 13.2 Å². The second kappa shape index (κ2) is 33.3. The van der Waals surface area contributed by atoms with E-state index in [0.29, 0.717) is 17.4 Å². The van der Waals surface area contributed by atoms with Crippen LogP contribution in [0.1, 0.15) is 155 Å². The molecule has 1 amide bonds. The van der Waals surface area contributed by atoms with Crippen molar-refractivity contribution in [3.8, 4) is 0 Å². The van der Waals surface area contributed by atoms with Crippen molar-refractivity contribution in [3.05, 3.63) is 48.6 Å². The molecule has 0 rings (SSSR count). The Labute approximate surface area is 308 Å². The van der Waals surface area contributed by atoms with E-state index in [1.54, 1.807) is 6.08 Å². The maximum absolute atomic E-state index is 12.8. The average Bonchev–Trinajstić information content (AvgIpc) is 3.06. The van der Waals surface area contributed by atoms with Crippen molar-refractivity contribution in [2.75, 3.05) is 40.9 Å². The fraction of sp³-hybridized carbons (Fsp3) is 0.780. The summed E-state index contributed by atoms with van der Waals surface area (Å²) in [5, 5.41) is 13.7. The molecule has 3 N–H and O–H groups in total. The minimum atomic E-state index is -4.34. The van der Waals surface area contributed by atoms with Crippen LogP contribution in [0.15, 0.2) is 48.6 Å². The molecule has 0 radical (unpaired) electrons. The number of hydrogen-bond donors (Lipinski definition) is 3. The number of aliphatic hydroxyl groups is 1. The minimum Gasteiger partial charge on any atom is -0.387 e. The molecule has 0 spiro atoms. The Bertz CT molecular complexity index is 959. The van der Waals surface area contributed by atoms with E-state index in [9.17, 15) is 19.4 Å². The number of unbranched alkanes of at least 4 members (excludes halogenated alkanes) is 16. The monoisotopic (exact) mass is 726 g/mol. The second-order valence-electron chi connectivity index (χ2n) is 14.6. The molecule has 0 aromatic carbocycles. The summed E-state index contributed by atoms with van der Waals surface area (Å²) in [5.41, 5.74) is 0. The Hall–Kier alpha value is -1.54. The van der Waals surface area contributed by atoms with Crippen molar-refractivity contribution < 1.29 is 32.9 Å². The molecule has 0 aliphatic rings. The number of allylic oxidation sites excluding steroid dienone is 7. The van der Waals surface area contributed by atoms with E-state index >= 15 is 0 Å². The molecule has 0 saturated heterocycles. The zero-order valence-electron chi connectivity index (χ0n) is 32.9. The van der Waals surface area contributed by atoms with E-state index in [2.05, 4.69) is 55.6 Å². The van der Waals surface area contributed by atoms with Crippen LogP contribution in [-0.2, 0) is 18.4 Å². The van der Waals surface area contributed by atoms with Crippen LogP contribution >= 0.6 is 7.82 Å². The number of phosphoric acid groups is 1. The largest absolute Gasteiger partial charge is 0.472 e. The second-order valence-corrected chi connectivity index (χ2v) is 16.1. The molecule has 0 heterocycles. The van der Waals surface area contributed by atoms with Crippen molar-refractivity contribution in [1.29, 1.82) is 0 Å². The number of carbonyl (C=O) groups excluding carboxylic acids is 1. The van der Waals surface area contributed by atoms with Crippen molar-refractivity contribution >= 4 is 13.7 Å². The zero-order valence-corrected chi connectivity index (χ0v) is 33.8. The standard InChI is InChI=1S/C41H77N2O6P/c1-6-8-10-12-14-16-18-19-20-21-22-23-24-25-26-28-30-32-34-40(44)39(38-49-50(46,47)48-37-36-43(3,4)5)42-41(45)35-33-31-29-27-17-15-13-11-9-7-2/h11,13,21-22,25-26,32,34,39-40,44H,6-10,12,14-20,23-24,27-31,33,35-38H2,1-5H3,(H-,42,45,46,47)/p+1/b13-11-,22-21+,26-25+,34-32+. The van der Waals surface area contributed by atoms with Crippen LogP contribution in [0.25, 0.3) is 0 Å². The summed E-state index contributed by atoms with van der Waals surface area (Å²) in [4.78, 5) is 22.9. The van der Waals surface area contributed by atoms with Crippen molar-refractivity contribution in [2.24, 2.45) is 0 Å². The van der Waals surface area contributed by atoms with Crippen molar-refractivity contribution in [1.82, 2.24) is 5.32 Å². The number of quaternary nitrogens is 1. The van der Waals surface area contributed by atoms with Crippen LogP contribution in [-0.4, -0.2) is 73.4 Å². The van der Waals surface area contributed by atoms with Crippen LogP contribution in [0.3, 0.4) is 0 Å². The van der Waals surface area contributed by atoms with Crippen LogP contribution in [0, 0.1) is 0 Å². The van der Waals surface area contributed by atoms with Gasteiger partial charge in [0.05, 0.1) is 39.9 Å². The molecule has 8 nitrogen and oxygen atoms in total. The number of hydrogen-bond acceptors (Lipinski definition) is 5. The predicted octanol–water partition coefficient (Wildman–Crippen LogP) is 10.5. The van der Waals surface area contributed by atoms with Gasteiger partial charge < -0.3 is 19.8 Å². The Morgan fingerprint density at radius 3 is 1.68 bits per heavy atom. The molecular weight excluding hydrogens is 647 g/mol. The van der Waals surface area contributed by atoms with Gasteiger partial charge in [0.15, 0.2) is 0 Å². The Kier molecular flexibility index (Phi) is 32.3. The third kappa shape index (κ3) is 34.9. The number of carbonyl (C=O) groups is 1. The fourth-order valence-corrected chi connectivity index (χ4v) is 5.98. The zero-order chi connectivity index (χ0) is 37.2. The number of amides is 1. The molecule has 3 unspecified atom stereocenters. The summed E-state index contributed by atoms with van der Waals surface area (Å²) in [6.07, 6.45) is 40.4. The first-order valence-corrected chi connectivity index (χ1v) is 21.5. The number of phosphoric ester groups is 1. The van der Waals surface area contributed by atoms with Gasteiger partial charge >= 0.3 is 7.82 Å². The molecule has 0 aromatic rings. The van der Waals surface area contributed by atoms with Gasteiger partial charge in [0, 0.05) is 6.42 Å². The predicted molar refractivity (Wildman–Crippen MR) is 212 cm³/mol. The molecule has 0 fully saturated rings. The van der Waals surface area contributed by atoms with E-state index < -0.39 is 20.0 Å². The summed E-state index contributed by atoms with van der Waals surface area (Å²) < 4.78 is 23.4. The molecular formula is C41H78N2O6P+. The summed E-state index contributed by atoms with van der Waals surface area (Å²) in [7, 11) is 1.53. The molecule has 9 heteroatoms. The highest BCUT2D eigenvalue weighted by Crippen LogP contribution is 2.43. The van der Waals surface area contributed by atoms with Crippen LogP contribution in [0.5, 0.6) is 0 Å². The lowest BCUT2D eigenvalue weighted by Crippen LogP contribution is -2.45. The molecule has 292 valence electrons. The first-order chi connectivity index (χ1) is 24.0. The molecule has 0 aliphatic heterocycles. The molecule has 3 atom stereocenters. The van der Waals surface area contributed by atoms with Crippen molar-refractivity contribution in [3.63, 3.8) is 0 Å². The third-order valence-corrected chi connectivity index (χ3v) is 9.46. The maximum atomic E-state index is 12.8. The Morgan fingerprint density at radius 2 is 1.14 bits per heavy atom. The first-order valence-electron chi connectivity index (χ1n) is 20.0. The maximum Gasteiger partial charge on any atom is 0.472 e. The van der Waals surface area contributed by atoms with E-state index in [1.165, 1.54) is 64.2 Å². The van der Waals surface area contributed by atoms with Gasteiger partial charge in [-0.1, -0.05) is 133 Å². The third-order valence-electron chi connectivity index (χ3n) is 8.48. The summed E-state index contributed by atoms with van der Waals surface area (Å²) in [5.74, 6) is -0.206. The van der Waals surface area contributed by atoms with Gasteiger partial charge in [-0.05, 0) is 64.2 Å². The van der Waals surface area contributed by atoms with Gasteiger partial charge in [0.25, 0.3) is 0 Å². The summed E-state index contributed by atoms with van der Waals surface area (Å²) in [6.45, 7) is 4.68. The van der Waals surface area contributed by atoms with Gasteiger partial charge in [-0.2, -0.15) is 0 Å². The molecule has 0 bridgehead atoms. The minimum absolute atomic E-state index is 0.0505.